The number of carbonyl (C=O) groups is 1. The van der Waals surface area contributed by atoms with Crippen molar-refractivity contribution in [2.45, 2.75) is 46.0 Å². The Morgan fingerprint density at radius 2 is 2.14 bits per heavy atom. The lowest BCUT2D eigenvalue weighted by molar-refractivity contribution is -0.144. The topological polar surface area (TPSA) is 29.5 Å². The Labute approximate surface area is 170 Å². The van der Waals surface area contributed by atoms with E-state index in [1.54, 1.807) is 0 Å². The van der Waals surface area contributed by atoms with Gasteiger partial charge in [0.05, 0.1) is 6.61 Å². The van der Waals surface area contributed by atoms with Crippen LogP contribution in [0, 0.1) is 29.6 Å². The highest BCUT2D eigenvalue weighted by molar-refractivity contribution is 5.69. The number of esters is 1. The number of ether oxygens (including phenoxy) is 1. The predicted octanol–water partition coefficient (Wildman–Crippen LogP) is 4.24. The smallest absolute Gasteiger partial charge is 0.306 e. The summed E-state index contributed by atoms with van der Waals surface area (Å²) in [6, 6.07) is 6.39. The summed E-state index contributed by atoms with van der Waals surface area (Å²) in [6.45, 7) is 12.1. The Morgan fingerprint density at radius 1 is 1.36 bits per heavy atom. The zero-order chi connectivity index (χ0) is 19.9. The van der Waals surface area contributed by atoms with Crippen molar-refractivity contribution < 1.29 is 9.53 Å². The average molecular weight is 380 g/mol. The largest absolute Gasteiger partial charge is 0.465 e. The van der Waals surface area contributed by atoms with Crippen LogP contribution in [-0.4, -0.2) is 37.1 Å². The fraction of sp³-hybridized carbons (Fsp3) is 0.560. The molecule has 28 heavy (non-hydrogen) atoms. The minimum absolute atomic E-state index is 0.120. The molecule has 0 saturated carbocycles. The van der Waals surface area contributed by atoms with Crippen LogP contribution in [0.1, 0.15) is 49.8 Å². The van der Waals surface area contributed by atoms with Gasteiger partial charge in [0.25, 0.3) is 0 Å². The highest BCUT2D eigenvalue weighted by atomic mass is 16.5. The van der Waals surface area contributed by atoms with Crippen molar-refractivity contribution in [3.63, 3.8) is 0 Å². The van der Waals surface area contributed by atoms with Gasteiger partial charge in [-0.1, -0.05) is 43.9 Å². The van der Waals surface area contributed by atoms with Gasteiger partial charge in [0.2, 0.25) is 0 Å². The van der Waals surface area contributed by atoms with Crippen molar-refractivity contribution in [2.75, 3.05) is 26.2 Å². The lowest BCUT2D eigenvalue weighted by Gasteiger charge is -2.42. The maximum Gasteiger partial charge on any atom is 0.306 e. The van der Waals surface area contributed by atoms with Gasteiger partial charge in [-0.2, -0.15) is 0 Å². The van der Waals surface area contributed by atoms with Crippen LogP contribution in [0.3, 0.4) is 0 Å². The predicted molar refractivity (Wildman–Crippen MR) is 114 cm³/mol. The first-order valence-electron chi connectivity index (χ1n) is 10.7. The van der Waals surface area contributed by atoms with E-state index in [1.807, 2.05) is 19.9 Å². The molecule has 0 aromatic heterocycles. The monoisotopic (exact) mass is 379 g/mol. The third-order valence-corrected chi connectivity index (χ3v) is 5.78. The van der Waals surface area contributed by atoms with E-state index in [4.69, 9.17) is 4.74 Å². The van der Waals surface area contributed by atoms with Crippen LogP contribution in [0.4, 0.5) is 0 Å². The molecular formula is C25H33NO2. The van der Waals surface area contributed by atoms with Gasteiger partial charge in [-0.05, 0) is 67.8 Å². The molecule has 3 nitrogen and oxygen atoms in total. The SMILES string of the molecule is C=CCc1cc(CCC(=O)OCC(C)C)ccc1C#CC1CN2CCC1CC2. The molecule has 3 saturated heterocycles. The first-order chi connectivity index (χ1) is 13.5. The summed E-state index contributed by atoms with van der Waals surface area (Å²) in [5.74, 6) is 8.56. The van der Waals surface area contributed by atoms with Crippen molar-refractivity contribution in [2.24, 2.45) is 17.8 Å². The standard InChI is InChI=1S/C25H33NO2/c1-4-5-23-16-20(7-11-25(27)28-18-19(2)3)6-8-21(23)9-10-24-17-26-14-12-22(24)13-15-26/h4,6,8,16,19,22,24H,1,5,7,11-15,17-18H2,2-3H3. The molecule has 3 aliphatic heterocycles. The zero-order valence-corrected chi connectivity index (χ0v) is 17.4. The number of aryl methyl sites for hydroxylation is 1. The number of allylic oxidation sites excluding steroid dienone is 1. The summed E-state index contributed by atoms with van der Waals surface area (Å²) in [5.41, 5.74) is 3.46. The number of nitrogens with zero attached hydrogens (tertiary/aromatic N) is 1. The molecule has 4 rings (SSSR count). The Morgan fingerprint density at radius 3 is 2.79 bits per heavy atom. The minimum Gasteiger partial charge on any atom is -0.465 e. The van der Waals surface area contributed by atoms with Gasteiger partial charge in [-0.3, -0.25) is 4.79 Å². The van der Waals surface area contributed by atoms with E-state index in [-0.39, 0.29) is 5.97 Å². The number of hydrogen-bond donors (Lipinski definition) is 0. The number of benzene rings is 1. The van der Waals surface area contributed by atoms with Gasteiger partial charge in [0.1, 0.15) is 0 Å². The molecule has 3 fully saturated rings. The minimum atomic E-state index is -0.120. The van der Waals surface area contributed by atoms with Crippen LogP contribution in [0.5, 0.6) is 0 Å². The third kappa shape index (κ3) is 5.72. The van der Waals surface area contributed by atoms with Crippen molar-refractivity contribution in [3.05, 3.63) is 47.5 Å². The van der Waals surface area contributed by atoms with Crippen LogP contribution >= 0.6 is 0 Å². The maximum atomic E-state index is 11.9. The normalized spacial score (nSPS) is 23.2. The number of piperidine rings is 3. The molecule has 0 radical (unpaired) electrons. The van der Waals surface area contributed by atoms with E-state index < -0.39 is 0 Å². The molecule has 3 heteroatoms. The third-order valence-electron chi connectivity index (χ3n) is 5.78. The molecule has 1 unspecified atom stereocenters. The van der Waals surface area contributed by atoms with Crippen molar-refractivity contribution in [3.8, 4) is 11.8 Å². The summed E-state index contributed by atoms with van der Waals surface area (Å²) < 4.78 is 5.28. The Balaban J connectivity index is 1.64. The van der Waals surface area contributed by atoms with E-state index in [0.29, 0.717) is 31.3 Å². The molecule has 150 valence electrons. The number of rotatable bonds is 7. The summed E-state index contributed by atoms with van der Waals surface area (Å²) in [7, 11) is 0. The highest BCUT2D eigenvalue weighted by Gasteiger charge is 2.32. The second-order valence-corrected chi connectivity index (χ2v) is 8.58. The van der Waals surface area contributed by atoms with Crippen molar-refractivity contribution in [1.82, 2.24) is 4.90 Å². The van der Waals surface area contributed by atoms with Gasteiger partial charge >= 0.3 is 5.97 Å². The van der Waals surface area contributed by atoms with Crippen molar-refractivity contribution >= 4 is 5.97 Å². The molecule has 0 N–H and O–H groups in total. The van der Waals surface area contributed by atoms with Crippen LogP contribution in [-0.2, 0) is 22.4 Å². The molecule has 0 aliphatic carbocycles. The van der Waals surface area contributed by atoms with Crippen LogP contribution in [0.15, 0.2) is 30.9 Å². The van der Waals surface area contributed by atoms with Gasteiger partial charge < -0.3 is 9.64 Å². The van der Waals surface area contributed by atoms with Gasteiger partial charge in [0, 0.05) is 24.4 Å². The van der Waals surface area contributed by atoms with E-state index in [9.17, 15) is 4.79 Å². The lowest BCUT2D eigenvalue weighted by Crippen LogP contribution is -2.46. The van der Waals surface area contributed by atoms with Gasteiger partial charge in [-0.15, -0.1) is 6.58 Å². The lowest BCUT2D eigenvalue weighted by atomic mass is 9.79. The fourth-order valence-electron chi connectivity index (χ4n) is 4.13. The highest BCUT2D eigenvalue weighted by Crippen LogP contribution is 2.31. The molecule has 1 atom stereocenters. The first kappa shape index (κ1) is 20.7. The summed E-state index contributed by atoms with van der Waals surface area (Å²) in [5, 5.41) is 0. The van der Waals surface area contributed by atoms with Crippen LogP contribution in [0.25, 0.3) is 0 Å². The van der Waals surface area contributed by atoms with Crippen molar-refractivity contribution in [1.29, 1.82) is 0 Å². The van der Waals surface area contributed by atoms with E-state index in [1.165, 1.54) is 31.5 Å². The second-order valence-electron chi connectivity index (χ2n) is 8.58. The van der Waals surface area contributed by atoms with E-state index in [0.717, 1.165) is 30.0 Å². The molecule has 1 aromatic rings. The van der Waals surface area contributed by atoms with E-state index in [2.05, 4.69) is 41.5 Å². The molecule has 3 heterocycles. The number of hydrogen-bond acceptors (Lipinski definition) is 3. The van der Waals surface area contributed by atoms with Crippen LogP contribution in [0.2, 0.25) is 0 Å². The second kappa shape index (κ2) is 9.94. The summed E-state index contributed by atoms with van der Waals surface area (Å²) in [6.07, 6.45) is 6.44. The Hall–Kier alpha value is -2.05. The van der Waals surface area contributed by atoms with Crippen LogP contribution < -0.4 is 0 Å². The molecule has 1 aromatic carbocycles. The van der Waals surface area contributed by atoms with E-state index >= 15 is 0 Å². The summed E-state index contributed by atoms with van der Waals surface area (Å²) in [4.78, 5) is 14.4. The molecule has 3 aliphatic rings. The maximum absolute atomic E-state index is 11.9. The molecular weight excluding hydrogens is 346 g/mol. The first-order valence-corrected chi connectivity index (χ1v) is 10.7. The molecule has 0 spiro atoms. The fourth-order valence-corrected chi connectivity index (χ4v) is 4.13. The summed E-state index contributed by atoms with van der Waals surface area (Å²) >= 11 is 0. The quantitative estimate of drug-likeness (QED) is 0.403. The Bertz CT molecular complexity index is 748. The number of fused-ring (bicyclic) bond motifs is 3. The van der Waals surface area contributed by atoms with Gasteiger partial charge in [0.15, 0.2) is 0 Å². The van der Waals surface area contributed by atoms with Gasteiger partial charge in [-0.25, -0.2) is 0 Å². The average Bonchev–Trinajstić information content (AvgIpc) is 2.71. The number of carbonyl (C=O) groups excluding carboxylic acids is 1. The molecule has 0 amide bonds. The zero-order valence-electron chi connectivity index (χ0n) is 17.4. The molecule has 2 bridgehead atoms. The Kier molecular flexibility index (Phi) is 7.34.